The highest BCUT2D eigenvalue weighted by Gasteiger charge is 2.14. The van der Waals surface area contributed by atoms with Crippen LogP contribution in [0.15, 0.2) is 23.2 Å². The highest BCUT2D eigenvalue weighted by atomic mass is 127. The number of benzene rings is 1. The molecule has 0 saturated carbocycles. The molecule has 8 heteroatoms. The van der Waals surface area contributed by atoms with Gasteiger partial charge in [-0.3, -0.25) is 9.67 Å². The van der Waals surface area contributed by atoms with Crippen LogP contribution < -0.4 is 15.4 Å². The van der Waals surface area contributed by atoms with Crippen molar-refractivity contribution in [3.05, 3.63) is 40.7 Å². The van der Waals surface area contributed by atoms with Crippen LogP contribution in [0.4, 0.5) is 0 Å². The van der Waals surface area contributed by atoms with E-state index in [0.717, 1.165) is 36.6 Å². The molecule has 1 atom stereocenters. The SMILES string of the molecule is CCNC(=NCCc1ccc(O)c(OC)c1)NC(C)Cc1c(C)nn(C)c1C.I. The standard InChI is InChI=1S/C21H33N5O2.HI/c1-7-22-21(23-11-10-17-8-9-19(27)20(13-17)28-6)24-14(2)12-18-15(3)25-26(5)16(18)4;/h8-9,13-14,27H,7,10-12H2,1-6H3,(H2,22,23,24);1H. The Morgan fingerprint density at radius 1 is 1.34 bits per heavy atom. The van der Waals surface area contributed by atoms with Gasteiger partial charge >= 0.3 is 0 Å². The molecule has 0 aliphatic carbocycles. The number of phenolic OH excluding ortho intramolecular Hbond substituents is 1. The molecule has 0 amide bonds. The van der Waals surface area contributed by atoms with Crippen LogP contribution in [0, 0.1) is 13.8 Å². The zero-order chi connectivity index (χ0) is 20.7. The lowest BCUT2D eigenvalue weighted by atomic mass is 10.1. The van der Waals surface area contributed by atoms with Crippen molar-refractivity contribution in [2.24, 2.45) is 12.0 Å². The van der Waals surface area contributed by atoms with E-state index >= 15 is 0 Å². The molecule has 0 fully saturated rings. The van der Waals surface area contributed by atoms with Gasteiger partial charge in [-0.05, 0) is 63.8 Å². The summed E-state index contributed by atoms with van der Waals surface area (Å²) in [5, 5.41) is 21.0. The third kappa shape index (κ3) is 7.09. The quantitative estimate of drug-likeness (QED) is 0.286. The van der Waals surface area contributed by atoms with E-state index in [2.05, 4.69) is 48.4 Å². The van der Waals surface area contributed by atoms with Crippen LogP contribution >= 0.6 is 24.0 Å². The molecule has 0 saturated heterocycles. The van der Waals surface area contributed by atoms with Gasteiger partial charge < -0.3 is 20.5 Å². The zero-order valence-electron chi connectivity index (χ0n) is 18.2. The van der Waals surface area contributed by atoms with E-state index in [1.807, 2.05) is 23.9 Å². The number of nitrogens with zero attached hydrogens (tertiary/aromatic N) is 3. The Morgan fingerprint density at radius 3 is 2.66 bits per heavy atom. The predicted molar refractivity (Wildman–Crippen MR) is 129 cm³/mol. The fourth-order valence-electron chi connectivity index (χ4n) is 3.20. The van der Waals surface area contributed by atoms with Crippen LogP contribution in [0.2, 0.25) is 0 Å². The van der Waals surface area contributed by atoms with Gasteiger partial charge in [0.2, 0.25) is 0 Å². The summed E-state index contributed by atoms with van der Waals surface area (Å²) in [5.41, 5.74) is 4.64. The van der Waals surface area contributed by atoms with Crippen LogP contribution in [0.3, 0.4) is 0 Å². The minimum atomic E-state index is 0. The van der Waals surface area contributed by atoms with E-state index in [1.165, 1.54) is 11.3 Å². The summed E-state index contributed by atoms with van der Waals surface area (Å²) in [7, 11) is 3.53. The first-order valence-corrected chi connectivity index (χ1v) is 9.75. The number of aromatic nitrogens is 2. The first-order valence-electron chi connectivity index (χ1n) is 9.75. The second-order valence-electron chi connectivity index (χ2n) is 7.04. The maximum absolute atomic E-state index is 9.70. The summed E-state index contributed by atoms with van der Waals surface area (Å²) in [6.45, 7) is 9.82. The van der Waals surface area contributed by atoms with Gasteiger partial charge in [-0.1, -0.05) is 6.07 Å². The van der Waals surface area contributed by atoms with Gasteiger partial charge in [-0.2, -0.15) is 5.10 Å². The molecule has 0 aliphatic rings. The molecular formula is C21H34IN5O2. The highest BCUT2D eigenvalue weighted by molar-refractivity contribution is 14.0. The lowest BCUT2D eigenvalue weighted by Crippen LogP contribution is -2.43. The smallest absolute Gasteiger partial charge is 0.191 e. The Hall–Kier alpha value is -1.97. The average molecular weight is 515 g/mol. The monoisotopic (exact) mass is 515 g/mol. The summed E-state index contributed by atoms with van der Waals surface area (Å²) < 4.78 is 7.10. The lowest BCUT2D eigenvalue weighted by molar-refractivity contribution is 0.373. The number of aryl methyl sites for hydroxylation is 2. The number of nitrogens with one attached hydrogen (secondary N) is 2. The molecule has 3 N–H and O–H groups in total. The summed E-state index contributed by atoms with van der Waals surface area (Å²) >= 11 is 0. The van der Waals surface area contributed by atoms with Crippen molar-refractivity contribution in [1.29, 1.82) is 0 Å². The number of methoxy groups -OCH3 is 1. The topological polar surface area (TPSA) is 83.7 Å². The normalized spacial score (nSPS) is 12.3. The van der Waals surface area contributed by atoms with Crippen LogP contribution in [0.25, 0.3) is 0 Å². The number of aromatic hydroxyl groups is 1. The lowest BCUT2D eigenvalue weighted by Gasteiger charge is -2.18. The molecule has 0 aliphatic heterocycles. The molecule has 0 radical (unpaired) electrons. The van der Waals surface area contributed by atoms with Crippen molar-refractivity contribution >= 4 is 29.9 Å². The number of hydrogen-bond donors (Lipinski definition) is 3. The number of rotatable bonds is 8. The third-order valence-electron chi connectivity index (χ3n) is 4.81. The molecule has 2 aromatic rings. The summed E-state index contributed by atoms with van der Waals surface area (Å²) in [6, 6.07) is 5.63. The van der Waals surface area contributed by atoms with Crippen LogP contribution in [-0.4, -0.2) is 47.1 Å². The van der Waals surface area contributed by atoms with Crippen molar-refractivity contribution in [1.82, 2.24) is 20.4 Å². The van der Waals surface area contributed by atoms with Crippen molar-refractivity contribution < 1.29 is 9.84 Å². The van der Waals surface area contributed by atoms with Gasteiger partial charge in [0.1, 0.15) is 0 Å². The van der Waals surface area contributed by atoms with Crippen molar-refractivity contribution in [2.45, 2.75) is 46.6 Å². The molecule has 1 heterocycles. The van der Waals surface area contributed by atoms with Crippen molar-refractivity contribution in [2.75, 3.05) is 20.2 Å². The molecule has 0 spiro atoms. The second-order valence-corrected chi connectivity index (χ2v) is 7.04. The highest BCUT2D eigenvalue weighted by Crippen LogP contribution is 2.26. The number of phenols is 1. The molecular weight excluding hydrogens is 481 g/mol. The van der Waals surface area contributed by atoms with Gasteiger partial charge in [0, 0.05) is 31.9 Å². The fraction of sp³-hybridized carbons (Fsp3) is 0.524. The minimum absolute atomic E-state index is 0. The number of halogens is 1. The number of hydrogen-bond acceptors (Lipinski definition) is 4. The Labute approximate surface area is 191 Å². The maximum atomic E-state index is 9.70. The van der Waals surface area contributed by atoms with E-state index in [-0.39, 0.29) is 35.8 Å². The van der Waals surface area contributed by atoms with E-state index in [9.17, 15) is 5.11 Å². The molecule has 1 unspecified atom stereocenters. The molecule has 7 nitrogen and oxygen atoms in total. The van der Waals surface area contributed by atoms with Crippen LogP contribution in [-0.2, 0) is 19.9 Å². The minimum Gasteiger partial charge on any atom is -0.504 e. The van der Waals surface area contributed by atoms with Gasteiger partial charge in [0.15, 0.2) is 17.5 Å². The van der Waals surface area contributed by atoms with Crippen molar-refractivity contribution in [3.63, 3.8) is 0 Å². The van der Waals surface area contributed by atoms with Crippen LogP contribution in [0.1, 0.15) is 36.4 Å². The van der Waals surface area contributed by atoms with Crippen molar-refractivity contribution in [3.8, 4) is 11.5 Å². The molecule has 162 valence electrons. The summed E-state index contributed by atoms with van der Waals surface area (Å²) in [6.07, 6.45) is 1.66. The third-order valence-corrected chi connectivity index (χ3v) is 4.81. The molecule has 1 aromatic carbocycles. The van der Waals surface area contributed by atoms with E-state index in [1.54, 1.807) is 13.2 Å². The first-order chi connectivity index (χ1) is 13.3. The Morgan fingerprint density at radius 2 is 2.07 bits per heavy atom. The van der Waals surface area contributed by atoms with Gasteiger partial charge in [0.25, 0.3) is 0 Å². The van der Waals surface area contributed by atoms with E-state index in [0.29, 0.717) is 12.3 Å². The first kappa shape index (κ1) is 25.1. The van der Waals surface area contributed by atoms with E-state index in [4.69, 9.17) is 4.74 Å². The Balaban J connectivity index is 0.00000420. The zero-order valence-corrected chi connectivity index (χ0v) is 20.6. The van der Waals surface area contributed by atoms with Crippen LogP contribution in [0.5, 0.6) is 11.5 Å². The number of ether oxygens (including phenoxy) is 1. The Kier molecular flexibility index (Phi) is 10.3. The number of aliphatic imine (C=N–C) groups is 1. The predicted octanol–water partition coefficient (Wildman–Crippen LogP) is 3.10. The second kappa shape index (κ2) is 11.9. The van der Waals surface area contributed by atoms with Gasteiger partial charge in [-0.25, -0.2) is 0 Å². The molecule has 2 rings (SSSR count). The van der Waals surface area contributed by atoms with Gasteiger partial charge in [-0.15, -0.1) is 24.0 Å². The van der Waals surface area contributed by atoms with Gasteiger partial charge in [0.05, 0.1) is 12.8 Å². The Bertz CT molecular complexity index is 820. The molecule has 0 bridgehead atoms. The molecule has 1 aromatic heterocycles. The molecule has 29 heavy (non-hydrogen) atoms. The average Bonchev–Trinajstić information content (AvgIpc) is 2.89. The number of guanidine groups is 1. The largest absolute Gasteiger partial charge is 0.504 e. The fourth-order valence-corrected chi connectivity index (χ4v) is 3.20. The maximum Gasteiger partial charge on any atom is 0.191 e. The van der Waals surface area contributed by atoms with E-state index < -0.39 is 0 Å². The summed E-state index contributed by atoms with van der Waals surface area (Å²) in [4.78, 5) is 4.69. The summed E-state index contributed by atoms with van der Waals surface area (Å²) in [5.74, 6) is 1.45.